The van der Waals surface area contributed by atoms with E-state index >= 15 is 0 Å². The summed E-state index contributed by atoms with van der Waals surface area (Å²) < 4.78 is 24.3. The second-order valence-electron chi connectivity index (χ2n) is 6.56. The molecule has 0 bridgehead atoms. The van der Waals surface area contributed by atoms with Gasteiger partial charge in [-0.1, -0.05) is 6.07 Å². The zero-order chi connectivity index (χ0) is 18.8. The van der Waals surface area contributed by atoms with Crippen molar-refractivity contribution in [1.82, 2.24) is 15.3 Å². The maximum Gasteiger partial charge on any atom is 0.417 e. The normalized spacial score (nSPS) is 12.7. The number of ether oxygens (including phenoxy) is 1. The summed E-state index contributed by atoms with van der Waals surface area (Å²) in [5.74, 6) is -0.196. The van der Waals surface area contributed by atoms with E-state index in [0.29, 0.717) is 30.0 Å². The number of halogens is 1. The number of fused-ring (bicyclic) bond motifs is 2. The molecule has 2 aromatic heterocycles. The summed E-state index contributed by atoms with van der Waals surface area (Å²) in [5, 5.41) is 4.30. The van der Waals surface area contributed by atoms with Crippen LogP contribution >= 0.6 is 0 Å². The molecule has 7 heteroatoms. The Hall–Kier alpha value is -3.06. The van der Waals surface area contributed by atoms with Gasteiger partial charge in [-0.3, -0.25) is 4.98 Å². The zero-order valence-electron chi connectivity index (χ0n) is 14.8. The average molecular weight is 369 g/mol. The van der Waals surface area contributed by atoms with E-state index in [-0.39, 0.29) is 11.9 Å². The minimum absolute atomic E-state index is 0.192. The molecule has 0 aliphatic heterocycles. The van der Waals surface area contributed by atoms with Crippen molar-refractivity contribution in [2.24, 2.45) is 0 Å². The second kappa shape index (κ2) is 7.28. The molecule has 1 atom stereocenters. The van der Waals surface area contributed by atoms with Gasteiger partial charge < -0.3 is 19.5 Å². The van der Waals surface area contributed by atoms with Gasteiger partial charge in [0.1, 0.15) is 12.4 Å². The number of oxazole rings is 1. The highest BCUT2D eigenvalue weighted by Crippen LogP contribution is 2.23. The van der Waals surface area contributed by atoms with E-state index in [1.54, 1.807) is 30.3 Å². The van der Waals surface area contributed by atoms with Crippen LogP contribution in [-0.4, -0.2) is 29.2 Å². The molecule has 0 spiro atoms. The number of rotatable bonds is 7. The van der Waals surface area contributed by atoms with Crippen molar-refractivity contribution >= 4 is 22.0 Å². The number of hydrogen-bond donors (Lipinski definition) is 3. The van der Waals surface area contributed by atoms with Crippen LogP contribution in [0.1, 0.15) is 12.5 Å². The average Bonchev–Trinajstić information content (AvgIpc) is 3.21. The zero-order valence-corrected chi connectivity index (χ0v) is 14.8. The Bertz CT molecular complexity index is 1130. The fourth-order valence-electron chi connectivity index (χ4n) is 3.25. The topological polar surface area (TPSA) is 83.0 Å². The van der Waals surface area contributed by atoms with Gasteiger partial charge in [0.05, 0.1) is 5.52 Å². The van der Waals surface area contributed by atoms with Crippen molar-refractivity contribution in [2.75, 3.05) is 13.2 Å². The molecule has 0 amide bonds. The van der Waals surface area contributed by atoms with Crippen molar-refractivity contribution in [3.05, 3.63) is 64.5 Å². The van der Waals surface area contributed by atoms with E-state index in [0.717, 1.165) is 22.9 Å². The molecule has 0 saturated carbocycles. The van der Waals surface area contributed by atoms with E-state index < -0.39 is 5.76 Å². The third-order valence-corrected chi connectivity index (χ3v) is 4.52. The Morgan fingerprint density at radius 3 is 3.04 bits per heavy atom. The van der Waals surface area contributed by atoms with Crippen molar-refractivity contribution < 1.29 is 13.5 Å². The number of hydrogen-bond acceptors (Lipinski definition) is 4. The summed E-state index contributed by atoms with van der Waals surface area (Å²) in [5.41, 5.74) is 3.05. The first kappa shape index (κ1) is 17.4. The fourth-order valence-corrected chi connectivity index (χ4v) is 3.25. The van der Waals surface area contributed by atoms with Crippen LogP contribution in [0.5, 0.6) is 5.75 Å². The predicted molar refractivity (Wildman–Crippen MR) is 102 cm³/mol. The summed E-state index contributed by atoms with van der Waals surface area (Å²) >= 11 is 0. The Kier molecular flexibility index (Phi) is 4.68. The summed E-state index contributed by atoms with van der Waals surface area (Å²) in [6, 6.07) is 10.3. The van der Waals surface area contributed by atoms with Gasteiger partial charge in [-0.15, -0.1) is 0 Å². The Morgan fingerprint density at radius 2 is 2.15 bits per heavy atom. The van der Waals surface area contributed by atoms with Crippen LogP contribution in [0.15, 0.2) is 51.8 Å². The monoisotopic (exact) mass is 369 g/mol. The molecule has 140 valence electrons. The van der Waals surface area contributed by atoms with Crippen LogP contribution in [0.2, 0.25) is 0 Å². The minimum atomic E-state index is -0.497. The molecule has 2 heterocycles. The molecule has 2 aromatic carbocycles. The summed E-state index contributed by atoms with van der Waals surface area (Å²) in [6.45, 7) is 3.13. The molecule has 3 N–H and O–H groups in total. The standard InChI is InChI=1S/C20H20FN3O3/c1-12(9-13-11-23-16-6-5-14(21)10-15(13)16)22-7-8-26-18-4-2-3-17-19(18)27-20(25)24-17/h2-6,10-12,22-23H,7-9H2,1H3,(H,24,25). The van der Waals surface area contributed by atoms with E-state index in [2.05, 4.69) is 22.2 Å². The number of aromatic amines is 2. The van der Waals surface area contributed by atoms with Crippen LogP contribution in [0.25, 0.3) is 22.0 Å². The molecule has 0 aliphatic rings. The van der Waals surface area contributed by atoms with Gasteiger partial charge in [0.2, 0.25) is 0 Å². The maximum atomic E-state index is 13.5. The lowest BCUT2D eigenvalue weighted by molar-refractivity contribution is 0.305. The molecule has 27 heavy (non-hydrogen) atoms. The number of aromatic nitrogens is 2. The van der Waals surface area contributed by atoms with Crippen molar-refractivity contribution in [3.63, 3.8) is 0 Å². The molecule has 0 fully saturated rings. The first-order valence-corrected chi connectivity index (χ1v) is 8.83. The van der Waals surface area contributed by atoms with Crippen LogP contribution in [0.3, 0.4) is 0 Å². The number of benzene rings is 2. The number of H-pyrrole nitrogens is 2. The molecular formula is C20H20FN3O3. The molecule has 0 saturated heterocycles. The van der Waals surface area contributed by atoms with Gasteiger partial charge in [0.25, 0.3) is 0 Å². The van der Waals surface area contributed by atoms with Crippen LogP contribution in [0.4, 0.5) is 4.39 Å². The largest absolute Gasteiger partial charge is 0.488 e. The van der Waals surface area contributed by atoms with Crippen molar-refractivity contribution in [3.8, 4) is 5.75 Å². The van der Waals surface area contributed by atoms with Gasteiger partial charge in [-0.25, -0.2) is 9.18 Å². The molecule has 1 unspecified atom stereocenters. The molecule has 4 rings (SSSR count). The Labute approximate surface area is 154 Å². The molecule has 4 aromatic rings. The maximum absolute atomic E-state index is 13.5. The van der Waals surface area contributed by atoms with Gasteiger partial charge in [-0.05, 0) is 49.2 Å². The molecule has 6 nitrogen and oxygen atoms in total. The van der Waals surface area contributed by atoms with Crippen LogP contribution in [-0.2, 0) is 6.42 Å². The van der Waals surface area contributed by atoms with Gasteiger partial charge in [-0.2, -0.15) is 0 Å². The van der Waals surface area contributed by atoms with Crippen molar-refractivity contribution in [2.45, 2.75) is 19.4 Å². The molecule has 0 radical (unpaired) electrons. The van der Waals surface area contributed by atoms with Gasteiger partial charge in [0, 0.05) is 29.7 Å². The first-order valence-electron chi connectivity index (χ1n) is 8.83. The van der Waals surface area contributed by atoms with Crippen LogP contribution in [0, 0.1) is 5.82 Å². The fraction of sp³-hybridized carbons (Fsp3) is 0.250. The minimum Gasteiger partial charge on any atom is -0.488 e. The van der Waals surface area contributed by atoms with Gasteiger partial charge >= 0.3 is 5.76 Å². The number of nitrogens with one attached hydrogen (secondary N) is 3. The second-order valence-corrected chi connectivity index (χ2v) is 6.56. The van der Waals surface area contributed by atoms with Gasteiger partial charge in [0.15, 0.2) is 11.3 Å². The summed E-state index contributed by atoms with van der Waals surface area (Å²) in [4.78, 5) is 17.1. The highest BCUT2D eigenvalue weighted by atomic mass is 19.1. The lowest BCUT2D eigenvalue weighted by atomic mass is 10.1. The Morgan fingerprint density at radius 1 is 1.26 bits per heavy atom. The summed E-state index contributed by atoms with van der Waals surface area (Å²) in [7, 11) is 0. The third-order valence-electron chi connectivity index (χ3n) is 4.52. The predicted octanol–water partition coefficient (Wildman–Crippen LogP) is 3.34. The van der Waals surface area contributed by atoms with E-state index in [9.17, 15) is 9.18 Å². The summed E-state index contributed by atoms with van der Waals surface area (Å²) in [6.07, 6.45) is 2.69. The Balaban J connectivity index is 1.32. The van der Waals surface area contributed by atoms with Crippen molar-refractivity contribution in [1.29, 1.82) is 0 Å². The first-order chi connectivity index (χ1) is 13.1. The highest BCUT2D eigenvalue weighted by molar-refractivity contribution is 5.83. The smallest absolute Gasteiger partial charge is 0.417 e. The van der Waals surface area contributed by atoms with E-state index in [1.165, 1.54) is 6.07 Å². The van der Waals surface area contributed by atoms with E-state index in [1.807, 2.05) is 6.20 Å². The molecular weight excluding hydrogens is 349 g/mol. The third kappa shape index (κ3) is 3.73. The highest BCUT2D eigenvalue weighted by Gasteiger charge is 2.10. The van der Waals surface area contributed by atoms with E-state index in [4.69, 9.17) is 9.15 Å². The van der Waals surface area contributed by atoms with Crippen LogP contribution < -0.4 is 15.8 Å². The number of para-hydroxylation sites is 1. The lowest BCUT2D eigenvalue weighted by Gasteiger charge is -2.14. The molecule has 0 aliphatic carbocycles. The lowest BCUT2D eigenvalue weighted by Crippen LogP contribution is -2.31. The SMILES string of the molecule is CC(Cc1c[nH]c2ccc(F)cc12)NCCOc1cccc2[nH]c(=O)oc12. The quantitative estimate of drug-likeness (QED) is 0.436.